The van der Waals surface area contributed by atoms with Crippen LogP contribution >= 0.6 is 0 Å². The molecule has 1 amide bonds. The number of aryl methyl sites for hydroxylation is 1. The summed E-state index contributed by atoms with van der Waals surface area (Å²) in [5, 5.41) is 3.00. The maximum atomic E-state index is 11.7. The largest absolute Gasteiger partial charge is 0.356 e. The second-order valence-corrected chi connectivity index (χ2v) is 6.11. The number of benzene rings is 1. The Kier molecular flexibility index (Phi) is 5.00. The van der Waals surface area contributed by atoms with Crippen LogP contribution in [0.4, 0.5) is 0 Å². The Bertz CT molecular complexity index is 425. The zero-order valence-corrected chi connectivity index (χ0v) is 12.1. The van der Waals surface area contributed by atoms with E-state index in [1.165, 1.54) is 24.0 Å². The van der Waals surface area contributed by atoms with E-state index in [1.54, 1.807) is 0 Å². The maximum absolute atomic E-state index is 11.7. The van der Waals surface area contributed by atoms with Gasteiger partial charge in [-0.25, -0.2) is 0 Å². The van der Waals surface area contributed by atoms with E-state index in [0.29, 0.717) is 18.3 Å². The van der Waals surface area contributed by atoms with Gasteiger partial charge in [0.1, 0.15) is 0 Å². The third kappa shape index (κ3) is 4.38. The van der Waals surface area contributed by atoms with E-state index in [1.807, 2.05) is 0 Å². The number of carbonyl (C=O) groups excluding carboxylic acids is 1. The summed E-state index contributed by atoms with van der Waals surface area (Å²) >= 11 is 0. The number of rotatable bonds is 5. The number of nitrogens with one attached hydrogen (secondary N) is 1. The van der Waals surface area contributed by atoms with Crippen molar-refractivity contribution < 1.29 is 4.79 Å². The molecule has 0 bridgehead atoms. The van der Waals surface area contributed by atoms with Crippen LogP contribution in [-0.2, 0) is 17.6 Å². The van der Waals surface area contributed by atoms with Crippen LogP contribution in [0.2, 0.25) is 0 Å². The second kappa shape index (κ2) is 6.74. The minimum atomic E-state index is 0.215. The maximum Gasteiger partial charge on any atom is 0.220 e. The Morgan fingerprint density at radius 1 is 1.32 bits per heavy atom. The SMILES string of the molecule is CC(C)CNC(=O)CCC1CCc2ccccc2C1. The molecule has 1 unspecified atom stereocenters. The zero-order valence-electron chi connectivity index (χ0n) is 12.1. The third-order valence-corrected chi connectivity index (χ3v) is 3.94. The van der Waals surface area contributed by atoms with Gasteiger partial charge in [0.05, 0.1) is 0 Å². The standard InChI is InChI=1S/C17H25NO/c1-13(2)12-18-17(19)10-8-14-7-9-15-5-3-4-6-16(15)11-14/h3-6,13-14H,7-12H2,1-2H3,(H,18,19). The van der Waals surface area contributed by atoms with Crippen molar-refractivity contribution >= 4 is 5.91 Å². The highest BCUT2D eigenvalue weighted by atomic mass is 16.1. The van der Waals surface area contributed by atoms with Gasteiger partial charge in [-0.2, -0.15) is 0 Å². The molecule has 0 heterocycles. The van der Waals surface area contributed by atoms with Crippen LogP contribution in [0.25, 0.3) is 0 Å². The summed E-state index contributed by atoms with van der Waals surface area (Å²) < 4.78 is 0. The molecule has 2 heteroatoms. The van der Waals surface area contributed by atoms with Crippen molar-refractivity contribution in [2.75, 3.05) is 6.54 Å². The van der Waals surface area contributed by atoms with Gasteiger partial charge in [0.15, 0.2) is 0 Å². The van der Waals surface area contributed by atoms with Crippen molar-refractivity contribution in [3.05, 3.63) is 35.4 Å². The predicted molar refractivity (Wildman–Crippen MR) is 79.0 cm³/mol. The monoisotopic (exact) mass is 259 g/mol. The zero-order chi connectivity index (χ0) is 13.7. The lowest BCUT2D eigenvalue weighted by Gasteiger charge is -2.24. The van der Waals surface area contributed by atoms with Crippen LogP contribution in [0.15, 0.2) is 24.3 Å². The van der Waals surface area contributed by atoms with E-state index in [9.17, 15) is 4.79 Å². The smallest absolute Gasteiger partial charge is 0.220 e. The van der Waals surface area contributed by atoms with Gasteiger partial charge in [0, 0.05) is 13.0 Å². The molecule has 1 N–H and O–H groups in total. The lowest BCUT2D eigenvalue weighted by atomic mass is 9.82. The molecule has 0 saturated carbocycles. The highest BCUT2D eigenvalue weighted by Crippen LogP contribution is 2.28. The van der Waals surface area contributed by atoms with E-state index >= 15 is 0 Å². The van der Waals surface area contributed by atoms with Crippen molar-refractivity contribution in [1.29, 1.82) is 0 Å². The first-order chi connectivity index (χ1) is 9.15. The molecule has 1 atom stereocenters. The number of amides is 1. The topological polar surface area (TPSA) is 29.1 Å². The summed E-state index contributed by atoms with van der Waals surface area (Å²) in [6, 6.07) is 8.72. The molecule has 1 aromatic carbocycles. The summed E-state index contributed by atoms with van der Waals surface area (Å²) in [6.07, 6.45) is 5.26. The highest BCUT2D eigenvalue weighted by Gasteiger charge is 2.18. The first-order valence-corrected chi connectivity index (χ1v) is 7.48. The fourth-order valence-electron chi connectivity index (χ4n) is 2.76. The lowest BCUT2D eigenvalue weighted by molar-refractivity contribution is -0.121. The highest BCUT2D eigenvalue weighted by molar-refractivity contribution is 5.75. The molecule has 0 aromatic heterocycles. The minimum absolute atomic E-state index is 0.215. The molecular formula is C17H25NO. The van der Waals surface area contributed by atoms with E-state index in [0.717, 1.165) is 19.4 Å². The first-order valence-electron chi connectivity index (χ1n) is 7.48. The molecule has 0 aliphatic heterocycles. The third-order valence-electron chi connectivity index (χ3n) is 3.94. The van der Waals surface area contributed by atoms with Gasteiger partial charge in [-0.05, 0) is 48.6 Å². The Morgan fingerprint density at radius 2 is 2.05 bits per heavy atom. The predicted octanol–water partition coefficient (Wildman–Crippen LogP) is 3.34. The quantitative estimate of drug-likeness (QED) is 0.863. The number of carbonyl (C=O) groups is 1. The van der Waals surface area contributed by atoms with Gasteiger partial charge in [-0.3, -0.25) is 4.79 Å². The van der Waals surface area contributed by atoms with Gasteiger partial charge in [0.25, 0.3) is 0 Å². The second-order valence-electron chi connectivity index (χ2n) is 6.11. The normalized spacial score (nSPS) is 18.2. The summed E-state index contributed by atoms with van der Waals surface area (Å²) in [5.74, 6) is 1.43. The van der Waals surface area contributed by atoms with Gasteiger partial charge in [0.2, 0.25) is 5.91 Å². The van der Waals surface area contributed by atoms with Crippen molar-refractivity contribution in [3.8, 4) is 0 Å². The van der Waals surface area contributed by atoms with Crippen molar-refractivity contribution in [3.63, 3.8) is 0 Å². The number of hydrogen-bond donors (Lipinski definition) is 1. The van der Waals surface area contributed by atoms with Gasteiger partial charge < -0.3 is 5.32 Å². The van der Waals surface area contributed by atoms with Gasteiger partial charge >= 0.3 is 0 Å². The average molecular weight is 259 g/mol. The van der Waals surface area contributed by atoms with Crippen LogP contribution in [0.3, 0.4) is 0 Å². The molecule has 104 valence electrons. The molecule has 0 saturated heterocycles. The molecule has 2 nitrogen and oxygen atoms in total. The van der Waals surface area contributed by atoms with Crippen LogP contribution in [0.1, 0.15) is 44.2 Å². The number of hydrogen-bond acceptors (Lipinski definition) is 1. The molecule has 19 heavy (non-hydrogen) atoms. The first kappa shape index (κ1) is 14.1. The molecule has 1 aromatic rings. The van der Waals surface area contributed by atoms with E-state index in [4.69, 9.17) is 0 Å². The van der Waals surface area contributed by atoms with Crippen LogP contribution in [0, 0.1) is 11.8 Å². The van der Waals surface area contributed by atoms with Gasteiger partial charge in [-0.15, -0.1) is 0 Å². The average Bonchev–Trinajstić information content (AvgIpc) is 2.42. The summed E-state index contributed by atoms with van der Waals surface area (Å²) in [4.78, 5) is 11.7. The molecule has 0 fully saturated rings. The fraction of sp³-hybridized carbons (Fsp3) is 0.588. The van der Waals surface area contributed by atoms with Crippen molar-refractivity contribution in [2.45, 2.75) is 46.0 Å². The van der Waals surface area contributed by atoms with Crippen LogP contribution < -0.4 is 5.32 Å². The Hall–Kier alpha value is -1.31. The van der Waals surface area contributed by atoms with E-state index < -0.39 is 0 Å². The molecular weight excluding hydrogens is 234 g/mol. The Labute approximate surface area is 116 Å². The number of fused-ring (bicyclic) bond motifs is 1. The molecule has 1 aliphatic rings. The Balaban J connectivity index is 1.75. The molecule has 0 spiro atoms. The van der Waals surface area contributed by atoms with E-state index in [-0.39, 0.29) is 5.91 Å². The molecule has 1 aliphatic carbocycles. The van der Waals surface area contributed by atoms with Gasteiger partial charge in [-0.1, -0.05) is 38.1 Å². The van der Waals surface area contributed by atoms with Crippen LogP contribution in [0.5, 0.6) is 0 Å². The molecule has 0 radical (unpaired) electrons. The minimum Gasteiger partial charge on any atom is -0.356 e. The summed E-state index contributed by atoms with van der Waals surface area (Å²) in [5.41, 5.74) is 2.99. The van der Waals surface area contributed by atoms with E-state index in [2.05, 4.69) is 43.4 Å². The Morgan fingerprint density at radius 3 is 2.79 bits per heavy atom. The summed E-state index contributed by atoms with van der Waals surface area (Å²) in [6.45, 7) is 5.04. The lowest BCUT2D eigenvalue weighted by Crippen LogP contribution is -2.28. The fourth-order valence-corrected chi connectivity index (χ4v) is 2.76. The molecule has 2 rings (SSSR count). The van der Waals surface area contributed by atoms with Crippen LogP contribution in [-0.4, -0.2) is 12.5 Å². The summed E-state index contributed by atoms with van der Waals surface area (Å²) in [7, 11) is 0. The van der Waals surface area contributed by atoms with Crippen molar-refractivity contribution in [2.24, 2.45) is 11.8 Å². The van der Waals surface area contributed by atoms with Crippen molar-refractivity contribution in [1.82, 2.24) is 5.32 Å².